The Morgan fingerprint density at radius 1 is 1.19 bits per heavy atom. The summed E-state index contributed by atoms with van der Waals surface area (Å²) in [5.74, 6) is 0.000816. The molecule has 1 fully saturated rings. The minimum absolute atomic E-state index is 0.000816. The molecule has 0 N–H and O–H groups in total. The number of carbonyl (C=O) groups excluding carboxylic acids is 2. The fraction of sp³-hybridized carbons (Fsp3) is 0.368. The number of benzene rings is 1. The number of halogens is 1. The minimum Gasteiger partial charge on any atom is -0.445 e. The third kappa shape index (κ3) is 4.58. The van der Waals surface area contributed by atoms with Gasteiger partial charge in [0, 0.05) is 25.4 Å². The second kappa shape index (κ2) is 8.76. The summed E-state index contributed by atoms with van der Waals surface area (Å²) in [6.07, 6.45) is 4.75. The van der Waals surface area contributed by atoms with Crippen molar-refractivity contribution in [3.05, 3.63) is 59.1 Å². The van der Waals surface area contributed by atoms with Gasteiger partial charge in [0.1, 0.15) is 11.8 Å². The molecule has 0 unspecified atom stereocenters. The first kappa shape index (κ1) is 18.3. The van der Waals surface area contributed by atoms with Crippen LogP contribution in [0.1, 0.15) is 30.5 Å². The lowest BCUT2D eigenvalue weighted by Crippen LogP contribution is -2.40. The van der Waals surface area contributed by atoms with Crippen molar-refractivity contribution >= 4 is 23.5 Å². The van der Waals surface area contributed by atoms with Gasteiger partial charge in [-0.3, -0.25) is 14.7 Å². The molecule has 1 aliphatic rings. The molecule has 1 aromatic carbocycles. The van der Waals surface area contributed by atoms with Crippen molar-refractivity contribution in [2.24, 2.45) is 0 Å². The van der Waals surface area contributed by atoms with Crippen LogP contribution in [0.3, 0.4) is 0 Å². The SMILES string of the molecule is O=C(CCc1nccnc1Cl)[C@@H]1CCCN1C(=O)OCc1ccccc1. The second-order valence-corrected chi connectivity index (χ2v) is 6.51. The van der Waals surface area contributed by atoms with E-state index in [2.05, 4.69) is 9.97 Å². The molecule has 6 nitrogen and oxygen atoms in total. The quantitative estimate of drug-likeness (QED) is 0.775. The van der Waals surface area contributed by atoms with E-state index in [4.69, 9.17) is 16.3 Å². The van der Waals surface area contributed by atoms with Gasteiger partial charge < -0.3 is 4.74 Å². The van der Waals surface area contributed by atoms with E-state index >= 15 is 0 Å². The third-order valence-electron chi connectivity index (χ3n) is 4.40. The van der Waals surface area contributed by atoms with Gasteiger partial charge in [-0.25, -0.2) is 9.78 Å². The van der Waals surface area contributed by atoms with Gasteiger partial charge in [-0.15, -0.1) is 0 Å². The first-order chi connectivity index (χ1) is 12.6. The Morgan fingerprint density at radius 3 is 2.73 bits per heavy atom. The van der Waals surface area contributed by atoms with E-state index < -0.39 is 12.1 Å². The van der Waals surface area contributed by atoms with Crippen LogP contribution in [0, 0.1) is 0 Å². The van der Waals surface area contributed by atoms with E-state index in [9.17, 15) is 9.59 Å². The Balaban J connectivity index is 1.54. The van der Waals surface area contributed by atoms with Crippen molar-refractivity contribution in [1.29, 1.82) is 0 Å². The maximum atomic E-state index is 12.6. The molecule has 2 heterocycles. The summed E-state index contributed by atoms with van der Waals surface area (Å²) in [4.78, 5) is 34.6. The number of aromatic nitrogens is 2. The fourth-order valence-electron chi connectivity index (χ4n) is 3.05. The molecule has 1 saturated heterocycles. The predicted octanol–water partition coefficient (Wildman–Crippen LogP) is 3.43. The second-order valence-electron chi connectivity index (χ2n) is 6.15. The maximum absolute atomic E-state index is 12.6. The van der Waals surface area contributed by atoms with Crippen LogP contribution < -0.4 is 0 Å². The zero-order valence-electron chi connectivity index (χ0n) is 14.3. The Bertz CT molecular complexity index is 770. The summed E-state index contributed by atoms with van der Waals surface area (Å²) in [5.41, 5.74) is 1.51. The summed E-state index contributed by atoms with van der Waals surface area (Å²) < 4.78 is 5.37. The number of ketones is 1. The highest BCUT2D eigenvalue weighted by Crippen LogP contribution is 2.22. The number of nitrogens with zero attached hydrogens (tertiary/aromatic N) is 3. The van der Waals surface area contributed by atoms with Crippen LogP contribution in [0.4, 0.5) is 4.79 Å². The molecule has 136 valence electrons. The number of carbonyl (C=O) groups is 2. The molecule has 3 rings (SSSR count). The van der Waals surface area contributed by atoms with E-state index in [1.54, 1.807) is 6.20 Å². The monoisotopic (exact) mass is 373 g/mol. The van der Waals surface area contributed by atoms with E-state index in [-0.39, 0.29) is 18.8 Å². The van der Waals surface area contributed by atoms with E-state index in [0.29, 0.717) is 30.2 Å². The Labute approximate surface area is 157 Å². The standard InChI is InChI=1S/C19H20ClN3O3/c20-18-15(21-10-11-22-18)8-9-17(24)16-7-4-12-23(16)19(25)26-13-14-5-2-1-3-6-14/h1-3,5-6,10-11,16H,4,7-9,12-13H2/t16-/m0/s1. The van der Waals surface area contributed by atoms with Gasteiger partial charge in [0.2, 0.25) is 0 Å². The van der Waals surface area contributed by atoms with Crippen LogP contribution in [0.15, 0.2) is 42.7 Å². The van der Waals surface area contributed by atoms with E-state index in [0.717, 1.165) is 12.0 Å². The molecule has 7 heteroatoms. The molecule has 0 bridgehead atoms. The summed E-state index contributed by atoms with van der Waals surface area (Å²) in [5, 5.41) is 0.311. The molecule has 1 amide bonds. The zero-order valence-corrected chi connectivity index (χ0v) is 15.1. The van der Waals surface area contributed by atoms with Crippen LogP contribution in [-0.2, 0) is 22.6 Å². The van der Waals surface area contributed by atoms with Gasteiger partial charge in [0.15, 0.2) is 5.78 Å². The normalized spacial score (nSPS) is 16.5. The van der Waals surface area contributed by atoms with Crippen LogP contribution in [0.5, 0.6) is 0 Å². The number of hydrogen-bond acceptors (Lipinski definition) is 5. The van der Waals surface area contributed by atoms with Gasteiger partial charge in [-0.2, -0.15) is 0 Å². The Kier molecular flexibility index (Phi) is 6.17. The average molecular weight is 374 g/mol. The Hall–Kier alpha value is -2.47. The fourth-order valence-corrected chi connectivity index (χ4v) is 3.25. The topological polar surface area (TPSA) is 72.4 Å². The summed E-state index contributed by atoms with van der Waals surface area (Å²) in [6.45, 7) is 0.738. The minimum atomic E-state index is -0.442. The molecule has 0 aliphatic carbocycles. The largest absolute Gasteiger partial charge is 0.445 e. The Morgan fingerprint density at radius 2 is 1.96 bits per heavy atom. The summed E-state index contributed by atoms with van der Waals surface area (Å²) >= 11 is 5.98. The average Bonchev–Trinajstić information content (AvgIpc) is 3.16. The number of Topliss-reactive ketones (excluding diaryl/α,β-unsaturated/α-hetero) is 1. The van der Waals surface area contributed by atoms with Crippen LogP contribution in [-0.4, -0.2) is 39.3 Å². The number of ether oxygens (including phenoxy) is 1. The molecular formula is C19H20ClN3O3. The summed E-state index contributed by atoms with van der Waals surface area (Å²) in [6, 6.07) is 9.04. The summed E-state index contributed by atoms with van der Waals surface area (Å²) in [7, 11) is 0. The highest BCUT2D eigenvalue weighted by Gasteiger charge is 2.34. The number of likely N-dealkylation sites (tertiary alicyclic amines) is 1. The van der Waals surface area contributed by atoms with Crippen LogP contribution in [0.2, 0.25) is 5.15 Å². The molecular weight excluding hydrogens is 354 g/mol. The predicted molar refractivity (Wildman–Crippen MR) is 96.7 cm³/mol. The van der Waals surface area contributed by atoms with Gasteiger partial charge in [-0.1, -0.05) is 41.9 Å². The maximum Gasteiger partial charge on any atom is 0.410 e. The highest BCUT2D eigenvalue weighted by atomic mass is 35.5. The van der Waals surface area contributed by atoms with Gasteiger partial charge in [0.05, 0.1) is 11.7 Å². The number of amides is 1. The first-order valence-electron chi connectivity index (χ1n) is 8.60. The smallest absolute Gasteiger partial charge is 0.410 e. The van der Waals surface area contributed by atoms with Crippen molar-refractivity contribution in [1.82, 2.24) is 14.9 Å². The van der Waals surface area contributed by atoms with Gasteiger partial charge in [-0.05, 0) is 24.8 Å². The number of aryl methyl sites for hydroxylation is 1. The molecule has 0 radical (unpaired) electrons. The number of hydrogen-bond donors (Lipinski definition) is 0. The molecule has 0 spiro atoms. The van der Waals surface area contributed by atoms with E-state index in [1.165, 1.54) is 11.1 Å². The van der Waals surface area contributed by atoms with Crippen molar-refractivity contribution < 1.29 is 14.3 Å². The first-order valence-corrected chi connectivity index (χ1v) is 8.98. The molecule has 0 saturated carbocycles. The lowest BCUT2D eigenvalue weighted by atomic mass is 10.0. The highest BCUT2D eigenvalue weighted by molar-refractivity contribution is 6.30. The van der Waals surface area contributed by atoms with Crippen molar-refractivity contribution in [2.75, 3.05) is 6.54 Å². The molecule has 2 aromatic rings. The lowest BCUT2D eigenvalue weighted by molar-refractivity contribution is -0.123. The van der Waals surface area contributed by atoms with Crippen molar-refractivity contribution in [3.8, 4) is 0 Å². The molecule has 1 aliphatic heterocycles. The van der Waals surface area contributed by atoms with Crippen molar-refractivity contribution in [3.63, 3.8) is 0 Å². The van der Waals surface area contributed by atoms with Crippen molar-refractivity contribution in [2.45, 2.75) is 38.3 Å². The molecule has 1 atom stereocenters. The van der Waals surface area contributed by atoms with Crippen LogP contribution >= 0.6 is 11.6 Å². The molecule has 1 aromatic heterocycles. The van der Waals surface area contributed by atoms with E-state index in [1.807, 2.05) is 30.3 Å². The zero-order chi connectivity index (χ0) is 18.4. The molecule has 26 heavy (non-hydrogen) atoms. The van der Waals surface area contributed by atoms with Crippen LogP contribution in [0.25, 0.3) is 0 Å². The lowest BCUT2D eigenvalue weighted by Gasteiger charge is -2.23. The third-order valence-corrected chi connectivity index (χ3v) is 4.71. The van der Waals surface area contributed by atoms with Gasteiger partial charge >= 0.3 is 6.09 Å². The van der Waals surface area contributed by atoms with Gasteiger partial charge in [0.25, 0.3) is 0 Å². The number of rotatable bonds is 6.